The molecular weight excluding hydrogens is 546 g/mol. The third kappa shape index (κ3) is 8.63. The SMILES string of the molecule is CN(C)CC[C@H](CSc1ccc(F)cc1)Nc1c(F)cc(S(=O)(=O)NC(=O)[C@]2(C)CCCCCO2)cc1C#N. The van der Waals surface area contributed by atoms with Crippen molar-refractivity contribution >= 4 is 33.4 Å². The Balaban J connectivity index is 1.81. The third-order valence-electron chi connectivity index (χ3n) is 6.46. The molecule has 0 aromatic heterocycles. The van der Waals surface area contributed by atoms with Gasteiger partial charge in [0.2, 0.25) is 0 Å². The highest BCUT2D eigenvalue weighted by molar-refractivity contribution is 7.99. The quantitative estimate of drug-likeness (QED) is 0.374. The van der Waals surface area contributed by atoms with Crippen molar-refractivity contribution in [3.8, 4) is 6.07 Å². The second-order valence-corrected chi connectivity index (χ2v) is 12.7. The molecule has 0 bridgehead atoms. The van der Waals surface area contributed by atoms with Crippen LogP contribution in [-0.2, 0) is 19.6 Å². The summed E-state index contributed by atoms with van der Waals surface area (Å²) in [6, 6.07) is 9.44. The van der Waals surface area contributed by atoms with Gasteiger partial charge in [0.1, 0.15) is 23.3 Å². The summed E-state index contributed by atoms with van der Waals surface area (Å²) in [7, 11) is -0.665. The van der Waals surface area contributed by atoms with E-state index in [0.717, 1.165) is 29.9 Å². The van der Waals surface area contributed by atoms with Gasteiger partial charge in [0, 0.05) is 23.3 Å². The molecule has 1 saturated heterocycles. The van der Waals surface area contributed by atoms with E-state index in [-0.39, 0.29) is 23.1 Å². The van der Waals surface area contributed by atoms with Crippen LogP contribution in [-0.4, -0.2) is 63.9 Å². The van der Waals surface area contributed by atoms with Gasteiger partial charge in [-0.05, 0) is 89.6 Å². The molecule has 3 rings (SSSR count). The fraction of sp³-hybridized carbons (Fsp3) is 0.481. The van der Waals surface area contributed by atoms with E-state index in [0.29, 0.717) is 38.2 Å². The Kier molecular flexibility index (Phi) is 10.7. The number of benzene rings is 2. The zero-order valence-corrected chi connectivity index (χ0v) is 23.9. The van der Waals surface area contributed by atoms with Crippen molar-refractivity contribution < 1.29 is 26.7 Å². The first-order valence-corrected chi connectivity index (χ1v) is 15.1. The number of carbonyl (C=O) groups excluding carboxylic acids is 1. The van der Waals surface area contributed by atoms with Crippen molar-refractivity contribution in [2.45, 2.75) is 60.5 Å². The lowest BCUT2D eigenvalue weighted by molar-refractivity contribution is -0.142. The molecule has 12 heteroatoms. The summed E-state index contributed by atoms with van der Waals surface area (Å²) in [5, 5.41) is 12.8. The zero-order chi connectivity index (χ0) is 28.6. The fourth-order valence-corrected chi connectivity index (χ4v) is 6.18. The van der Waals surface area contributed by atoms with Crippen molar-refractivity contribution in [3.63, 3.8) is 0 Å². The largest absolute Gasteiger partial charge is 0.378 e. The summed E-state index contributed by atoms with van der Waals surface area (Å²) in [6.45, 7) is 2.55. The Labute approximate surface area is 233 Å². The number of carbonyl (C=O) groups is 1. The first kappa shape index (κ1) is 30.8. The maximum atomic E-state index is 15.3. The first-order chi connectivity index (χ1) is 18.4. The molecule has 0 unspecified atom stereocenters. The molecule has 0 aliphatic carbocycles. The van der Waals surface area contributed by atoms with Crippen LogP contribution in [0.2, 0.25) is 0 Å². The topological polar surface area (TPSA) is 112 Å². The number of nitrogens with one attached hydrogen (secondary N) is 2. The second kappa shape index (κ2) is 13.6. The second-order valence-electron chi connectivity index (χ2n) is 9.96. The lowest BCUT2D eigenvalue weighted by atomic mass is 9.99. The molecule has 1 heterocycles. The average molecular weight is 581 g/mol. The molecule has 8 nitrogen and oxygen atoms in total. The highest BCUT2D eigenvalue weighted by Crippen LogP contribution is 2.29. The normalized spacial score (nSPS) is 18.7. The summed E-state index contributed by atoms with van der Waals surface area (Å²) in [6.07, 6.45) is 3.32. The molecule has 0 radical (unpaired) electrons. The maximum Gasteiger partial charge on any atom is 0.265 e. The van der Waals surface area contributed by atoms with E-state index in [2.05, 4.69) is 5.32 Å². The van der Waals surface area contributed by atoms with Gasteiger partial charge in [-0.3, -0.25) is 4.79 Å². The molecule has 1 amide bonds. The molecule has 2 aromatic rings. The van der Waals surface area contributed by atoms with Crippen LogP contribution in [0.5, 0.6) is 0 Å². The standard InChI is InChI=1S/C27H34F2N4O4S2/c1-27(12-5-4-6-14-37-27)26(34)32-39(35,36)23-15-19(17-30)25(24(29)16-23)31-21(11-13-33(2)3)18-38-22-9-7-20(28)8-10-22/h7-10,15-16,21,31H,4-6,11-14,18H2,1-3H3,(H,32,34)/t21-,27+/m1/s1. The van der Waals surface area contributed by atoms with Gasteiger partial charge in [0.25, 0.3) is 15.9 Å². The molecule has 2 N–H and O–H groups in total. The van der Waals surface area contributed by atoms with E-state index in [1.165, 1.54) is 30.8 Å². The number of ether oxygens (including phenoxy) is 1. The number of amides is 1. The minimum atomic E-state index is -4.47. The maximum absolute atomic E-state index is 15.3. The van der Waals surface area contributed by atoms with E-state index < -0.39 is 32.2 Å². The summed E-state index contributed by atoms with van der Waals surface area (Å²) in [5.41, 5.74) is -1.64. The van der Waals surface area contributed by atoms with Crippen LogP contribution in [0.3, 0.4) is 0 Å². The van der Waals surface area contributed by atoms with Crippen LogP contribution in [0.4, 0.5) is 14.5 Å². The van der Waals surface area contributed by atoms with Gasteiger partial charge in [0.15, 0.2) is 0 Å². The van der Waals surface area contributed by atoms with Gasteiger partial charge in [0.05, 0.1) is 16.1 Å². The van der Waals surface area contributed by atoms with Gasteiger partial charge in [-0.25, -0.2) is 21.9 Å². The lowest BCUT2D eigenvalue weighted by Gasteiger charge is -2.26. The zero-order valence-electron chi connectivity index (χ0n) is 22.3. The number of sulfonamides is 1. The number of anilines is 1. The molecule has 39 heavy (non-hydrogen) atoms. The molecule has 1 aliphatic rings. The highest BCUT2D eigenvalue weighted by atomic mass is 32.2. The number of thioether (sulfide) groups is 1. The minimum Gasteiger partial charge on any atom is -0.378 e. The van der Waals surface area contributed by atoms with Crippen LogP contribution >= 0.6 is 11.8 Å². The number of halogens is 2. The molecule has 1 aliphatic heterocycles. The molecule has 0 spiro atoms. The van der Waals surface area contributed by atoms with Crippen LogP contribution in [0, 0.1) is 23.0 Å². The van der Waals surface area contributed by atoms with Crippen molar-refractivity contribution in [2.24, 2.45) is 0 Å². The van der Waals surface area contributed by atoms with Crippen LogP contribution in [0.1, 0.15) is 44.6 Å². The molecule has 212 valence electrons. The first-order valence-electron chi connectivity index (χ1n) is 12.7. The van der Waals surface area contributed by atoms with Crippen molar-refractivity contribution in [1.29, 1.82) is 5.26 Å². The molecular formula is C27H34F2N4O4S2. The third-order valence-corrected chi connectivity index (χ3v) is 8.94. The van der Waals surface area contributed by atoms with Crippen molar-refractivity contribution in [3.05, 3.63) is 53.6 Å². The van der Waals surface area contributed by atoms with Crippen molar-refractivity contribution in [2.75, 3.05) is 38.3 Å². The van der Waals surface area contributed by atoms with Gasteiger partial charge in [-0.2, -0.15) is 5.26 Å². The van der Waals surface area contributed by atoms with Gasteiger partial charge in [-0.1, -0.05) is 6.42 Å². The smallest absolute Gasteiger partial charge is 0.265 e. The van der Waals surface area contributed by atoms with Gasteiger partial charge in [-0.15, -0.1) is 11.8 Å². The summed E-state index contributed by atoms with van der Waals surface area (Å²) < 4.78 is 62.2. The number of nitriles is 1. The summed E-state index contributed by atoms with van der Waals surface area (Å²) in [5.74, 6) is -1.62. The Morgan fingerprint density at radius 3 is 2.59 bits per heavy atom. The molecule has 0 saturated carbocycles. The number of hydrogen-bond acceptors (Lipinski definition) is 8. The molecule has 2 atom stereocenters. The van der Waals surface area contributed by atoms with Crippen molar-refractivity contribution in [1.82, 2.24) is 9.62 Å². The predicted molar refractivity (Wildman–Crippen MR) is 147 cm³/mol. The average Bonchev–Trinajstić information content (AvgIpc) is 3.12. The number of hydrogen-bond donors (Lipinski definition) is 2. The van der Waals surface area contributed by atoms with Crippen LogP contribution in [0.15, 0.2) is 46.2 Å². The monoisotopic (exact) mass is 580 g/mol. The molecule has 2 aromatic carbocycles. The minimum absolute atomic E-state index is 0.120. The summed E-state index contributed by atoms with van der Waals surface area (Å²) in [4.78, 5) is 15.1. The van der Waals surface area contributed by atoms with E-state index in [1.54, 1.807) is 12.1 Å². The summed E-state index contributed by atoms with van der Waals surface area (Å²) >= 11 is 1.45. The predicted octanol–water partition coefficient (Wildman–Crippen LogP) is 4.52. The Bertz CT molecular complexity index is 1290. The van der Waals surface area contributed by atoms with Crippen LogP contribution in [0.25, 0.3) is 0 Å². The number of nitrogens with zero attached hydrogens (tertiary/aromatic N) is 2. The van der Waals surface area contributed by atoms with E-state index in [4.69, 9.17) is 4.74 Å². The Hall–Kier alpha value is -2.72. The highest BCUT2D eigenvalue weighted by Gasteiger charge is 2.38. The Morgan fingerprint density at radius 1 is 1.21 bits per heavy atom. The van der Waals surface area contributed by atoms with Crippen LogP contribution < -0.4 is 10.0 Å². The van der Waals surface area contributed by atoms with E-state index in [1.807, 2.05) is 29.8 Å². The molecule has 1 fully saturated rings. The van der Waals surface area contributed by atoms with Gasteiger partial charge < -0.3 is 15.0 Å². The van der Waals surface area contributed by atoms with E-state index >= 15 is 4.39 Å². The number of rotatable bonds is 11. The Morgan fingerprint density at radius 2 is 1.92 bits per heavy atom. The van der Waals surface area contributed by atoms with Gasteiger partial charge >= 0.3 is 0 Å². The fourth-order valence-electron chi connectivity index (χ4n) is 4.09. The van der Waals surface area contributed by atoms with E-state index in [9.17, 15) is 22.9 Å². The lowest BCUT2D eigenvalue weighted by Crippen LogP contribution is -2.48.